The minimum absolute atomic E-state index is 0.135. The third kappa shape index (κ3) is 2.77. The number of anilines is 1. The highest BCUT2D eigenvalue weighted by molar-refractivity contribution is 7.89. The molecule has 0 radical (unpaired) electrons. The first kappa shape index (κ1) is 12.9. The fourth-order valence-electron chi connectivity index (χ4n) is 2.21. The maximum absolute atomic E-state index is 12.3. The molecule has 19 heavy (non-hydrogen) atoms. The van der Waals surface area contributed by atoms with Crippen LogP contribution in [0.15, 0.2) is 29.2 Å². The van der Waals surface area contributed by atoms with E-state index in [0.29, 0.717) is 16.6 Å². The Bertz CT molecular complexity index is 591. The van der Waals surface area contributed by atoms with E-state index < -0.39 is 10.0 Å². The van der Waals surface area contributed by atoms with E-state index in [0.717, 1.165) is 19.3 Å². The van der Waals surface area contributed by atoms with Crippen molar-refractivity contribution < 1.29 is 8.42 Å². The second kappa shape index (κ2) is 4.21. The van der Waals surface area contributed by atoms with Gasteiger partial charge < -0.3 is 5.32 Å². The standard InChI is InChI=1S/C14H20N2O2S/c1-14(2)9-13(14)15-11-5-3-4-6-12(11)19(17,18)16-10-7-8-10/h3-6,10,13,15-16H,7-9H2,1-2H3. The minimum atomic E-state index is -3.40. The Morgan fingerprint density at radius 2 is 1.84 bits per heavy atom. The summed E-state index contributed by atoms with van der Waals surface area (Å²) >= 11 is 0. The van der Waals surface area contributed by atoms with E-state index >= 15 is 0 Å². The third-order valence-corrected chi connectivity index (χ3v) is 5.50. The molecule has 1 atom stereocenters. The maximum atomic E-state index is 12.3. The van der Waals surface area contributed by atoms with Crippen LogP contribution in [-0.2, 0) is 10.0 Å². The fourth-order valence-corrected chi connectivity index (χ4v) is 3.68. The Balaban J connectivity index is 1.84. The van der Waals surface area contributed by atoms with Crippen LogP contribution in [-0.4, -0.2) is 20.5 Å². The number of hydrogen-bond acceptors (Lipinski definition) is 3. The average molecular weight is 280 g/mol. The molecular formula is C14H20N2O2S. The lowest BCUT2D eigenvalue weighted by Gasteiger charge is -2.14. The second-order valence-electron chi connectivity index (χ2n) is 6.28. The van der Waals surface area contributed by atoms with Crippen molar-refractivity contribution in [2.75, 3.05) is 5.32 Å². The van der Waals surface area contributed by atoms with Gasteiger partial charge in [-0.1, -0.05) is 26.0 Å². The SMILES string of the molecule is CC1(C)CC1Nc1ccccc1S(=O)(=O)NC1CC1. The Morgan fingerprint density at radius 3 is 2.42 bits per heavy atom. The minimum Gasteiger partial charge on any atom is -0.381 e. The molecule has 1 aromatic rings. The summed E-state index contributed by atoms with van der Waals surface area (Å²) in [7, 11) is -3.40. The Hall–Kier alpha value is -1.07. The predicted octanol–water partition coefficient (Wildman–Crippen LogP) is 2.34. The van der Waals surface area contributed by atoms with E-state index in [-0.39, 0.29) is 11.5 Å². The summed E-state index contributed by atoms with van der Waals surface area (Å²) in [5, 5.41) is 3.36. The van der Waals surface area contributed by atoms with Gasteiger partial charge in [-0.25, -0.2) is 13.1 Å². The van der Waals surface area contributed by atoms with Crippen LogP contribution in [0.5, 0.6) is 0 Å². The number of rotatable bonds is 5. The van der Waals surface area contributed by atoms with Gasteiger partial charge in [-0.3, -0.25) is 0 Å². The van der Waals surface area contributed by atoms with Crippen molar-refractivity contribution in [1.29, 1.82) is 0 Å². The van der Waals surface area contributed by atoms with Gasteiger partial charge in [0.05, 0.1) is 5.69 Å². The van der Waals surface area contributed by atoms with E-state index in [1.807, 2.05) is 12.1 Å². The van der Waals surface area contributed by atoms with Gasteiger partial charge in [0, 0.05) is 12.1 Å². The summed E-state index contributed by atoms with van der Waals surface area (Å²) in [4.78, 5) is 0.365. The molecule has 4 nitrogen and oxygen atoms in total. The van der Waals surface area contributed by atoms with Gasteiger partial charge in [0.15, 0.2) is 0 Å². The van der Waals surface area contributed by atoms with Crippen molar-refractivity contribution in [3.8, 4) is 0 Å². The molecule has 1 unspecified atom stereocenters. The molecule has 1 aromatic carbocycles. The topological polar surface area (TPSA) is 58.2 Å². The van der Waals surface area contributed by atoms with E-state index in [1.165, 1.54) is 0 Å². The summed E-state index contributed by atoms with van der Waals surface area (Å²) in [5.41, 5.74) is 0.979. The van der Waals surface area contributed by atoms with Gasteiger partial charge in [-0.2, -0.15) is 0 Å². The molecule has 2 aliphatic carbocycles. The van der Waals surface area contributed by atoms with E-state index in [9.17, 15) is 8.42 Å². The van der Waals surface area contributed by atoms with Crippen LogP contribution in [0.1, 0.15) is 33.1 Å². The molecule has 2 aliphatic rings. The van der Waals surface area contributed by atoms with Gasteiger partial charge in [0.25, 0.3) is 0 Å². The third-order valence-electron chi connectivity index (χ3n) is 3.92. The highest BCUT2D eigenvalue weighted by Gasteiger charge is 2.46. The summed E-state index contributed by atoms with van der Waals surface area (Å²) in [5.74, 6) is 0. The highest BCUT2D eigenvalue weighted by Crippen LogP contribution is 2.47. The van der Waals surface area contributed by atoms with Crippen molar-refractivity contribution >= 4 is 15.7 Å². The maximum Gasteiger partial charge on any atom is 0.242 e. The summed E-state index contributed by atoms with van der Waals surface area (Å²) < 4.78 is 27.4. The molecule has 0 aromatic heterocycles. The molecule has 2 fully saturated rings. The molecule has 0 bridgehead atoms. The Kier molecular flexibility index (Phi) is 2.87. The van der Waals surface area contributed by atoms with Gasteiger partial charge in [-0.15, -0.1) is 0 Å². The largest absolute Gasteiger partial charge is 0.381 e. The van der Waals surface area contributed by atoms with Crippen LogP contribution in [0.2, 0.25) is 0 Å². The van der Waals surface area contributed by atoms with Crippen LogP contribution in [0.25, 0.3) is 0 Å². The molecule has 0 heterocycles. The normalized spacial score (nSPS) is 25.1. The van der Waals surface area contributed by atoms with Gasteiger partial charge in [0.2, 0.25) is 10.0 Å². The lowest BCUT2D eigenvalue weighted by atomic mass is 10.2. The number of benzene rings is 1. The molecular weight excluding hydrogens is 260 g/mol. The van der Waals surface area contributed by atoms with Gasteiger partial charge >= 0.3 is 0 Å². The zero-order valence-corrected chi connectivity index (χ0v) is 12.1. The summed E-state index contributed by atoms with van der Waals surface area (Å²) in [6, 6.07) is 7.65. The zero-order chi connectivity index (χ0) is 13.7. The van der Waals surface area contributed by atoms with Gasteiger partial charge in [0.1, 0.15) is 4.90 Å². The van der Waals surface area contributed by atoms with Crippen LogP contribution >= 0.6 is 0 Å². The van der Waals surface area contributed by atoms with Gasteiger partial charge in [-0.05, 0) is 36.8 Å². The first-order chi connectivity index (χ1) is 8.88. The molecule has 0 amide bonds. The molecule has 0 spiro atoms. The fraction of sp³-hybridized carbons (Fsp3) is 0.571. The Labute approximate surface area is 114 Å². The predicted molar refractivity (Wildman–Crippen MR) is 75.6 cm³/mol. The first-order valence-electron chi connectivity index (χ1n) is 6.76. The highest BCUT2D eigenvalue weighted by atomic mass is 32.2. The number of nitrogens with one attached hydrogen (secondary N) is 2. The number of para-hydroxylation sites is 1. The first-order valence-corrected chi connectivity index (χ1v) is 8.25. The van der Waals surface area contributed by atoms with Crippen molar-refractivity contribution in [2.45, 2.75) is 50.1 Å². The monoisotopic (exact) mass is 280 g/mol. The lowest BCUT2D eigenvalue weighted by molar-refractivity contribution is 0.581. The van der Waals surface area contributed by atoms with Crippen LogP contribution in [0, 0.1) is 5.41 Å². The molecule has 5 heteroatoms. The van der Waals surface area contributed by atoms with E-state index in [1.54, 1.807) is 12.1 Å². The average Bonchev–Trinajstić information content (AvgIpc) is 3.21. The molecule has 2 saturated carbocycles. The summed E-state index contributed by atoms with van der Waals surface area (Å²) in [6.45, 7) is 4.37. The van der Waals surface area contributed by atoms with Crippen molar-refractivity contribution in [1.82, 2.24) is 4.72 Å². The van der Waals surface area contributed by atoms with Crippen molar-refractivity contribution in [3.05, 3.63) is 24.3 Å². The van der Waals surface area contributed by atoms with Crippen molar-refractivity contribution in [3.63, 3.8) is 0 Å². The molecule has 3 rings (SSSR count). The molecule has 104 valence electrons. The molecule has 0 saturated heterocycles. The smallest absolute Gasteiger partial charge is 0.242 e. The van der Waals surface area contributed by atoms with Crippen molar-refractivity contribution in [2.24, 2.45) is 5.41 Å². The van der Waals surface area contributed by atoms with Crippen LogP contribution in [0.4, 0.5) is 5.69 Å². The lowest BCUT2D eigenvalue weighted by Crippen LogP contribution is -2.26. The van der Waals surface area contributed by atoms with Crippen LogP contribution in [0.3, 0.4) is 0 Å². The number of sulfonamides is 1. The molecule has 2 N–H and O–H groups in total. The number of hydrogen-bond donors (Lipinski definition) is 2. The Morgan fingerprint density at radius 1 is 1.21 bits per heavy atom. The second-order valence-corrected chi connectivity index (χ2v) is 7.96. The molecule has 0 aliphatic heterocycles. The van der Waals surface area contributed by atoms with E-state index in [2.05, 4.69) is 23.9 Å². The van der Waals surface area contributed by atoms with E-state index in [4.69, 9.17) is 0 Å². The quantitative estimate of drug-likeness (QED) is 0.870. The summed E-state index contributed by atoms with van der Waals surface area (Å²) in [6.07, 6.45) is 2.98. The zero-order valence-electron chi connectivity index (χ0n) is 11.3. The van der Waals surface area contributed by atoms with Crippen LogP contribution < -0.4 is 10.0 Å².